The Balaban J connectivity index is 2.23. The normalized spacial score (nSPS) is 10.6. The molecule has 1 N–H and O–H groups in total. The average molecular weight is 234 g/mol. The van der Waals surface area contributed by atoms with Crippen LogP contribution in [0.1, 0.15) is 18.4 Å². The van der Waals surface area contributed by atoms with Crippen LogP contribution in [0.4, 0.5) is 0 Å². The molecule has 0 aliphatic rings. The van der Waals surface area contributed by atoms with Crippen molar-refractivity contribution in [1.29, 1.82) is 0 Å². The van der Waals surface area contributed by atoms with Crippen molar-refractivity contribution in [1.82, 2.24) is 0 Å². The molecule has 2 aromatic rings. The highest BCUT2D eigenvalue weighted by Gasteiger charge is 2.09. The molecular formula is C13H14O4. The number of carboxylic acid groups (broad SMARTS) is 1. The van der Waals surface area contributed by atoms with Gasteiger partial charge in [0, 0.05) is 11.8 Å². The second-order valence-electron chi connectivity index (χ2n) is 3.84. The number of benzene rings is 1. The van der Waals surface area contributed by atoms with Crippen LogP contribution in [0.5, 0.6) is 5.75 Å². The lowest BCUT2D eigenvalue weighted by atomic mass is 10.0. The summed E-state index contributed by atoms with van der Waals surface area (Å²) in [4.78, 5) is 10.5. The molecule has 0 spiro atoms. The van der Waals surface area contributed by atoms with E-state index >= 15 is 0 Å². The summed E-state index contributed by atoms with van der Waals surface area (Å²) in [5.74, 6) is -0.0612. The molecule has 0 unspecified atom stereocenters. The Hall–Kier alpha value is -1.97. The Morgan fingerprint density at radius 2 is 2.24 bits per heavy atom. The predicted octanol–water partition coefficient (Wildman–Crippen LogP) is 2.85. The lowest BCUT2D eigenvalue weighted by Gasteiger charge is -2.05. The zero-order chi connectivity index (χ0) is 12.3. The molecule has 0 amide bonds. The first-order valence-corrected chi connectivity index (χ1v) is 5.47. The van der Waals surface area contributed by atoms with Gasteiger partial charge in [-0.15, -0.1) is 0 Å². The van der Waals surface area contributed by atoms with Crippen molar-refractivity contribution in [2.24, 2.45) is 0 Å². The highest BCUT2D eigenvalue weighted by atomic mass is 16.5. The molecule has 1 aromatic heterocycles. The van der Waals surface area contributed by atoms with Gasteiger partial charge >= 0.3 is 5.97 Å². The fraction of sp³-hybridized carbons (Fsp3) is 0.308. The number of carbonyl (C=O) groups is 1. The lowest BCUT2D eigenvalue weighted by Crippen LogP contribution is -1.96. The number of fused-ring (bicyclic) bond motifs is 1. The molecule has 1 heterocycles. The first kappa shape index (κ1) is 11.5. The minimum absolute atomic E-state index is 0.186. The molecule has 0 aliphatic heterocycles. The maximum atomic E-state index is 10.5. The van der Waals surface area contributed by atoms with Crippen LogP contribution in [0.25, 0.3) is 11.0 Å². The number of aryl methyl sites for hydroxylation is 1. The number of methoxy groups -OCH3 is 1. The van der Waals surface area contributed by atoms with Gasteiger partial charge in [-0.05, 0) is 30.5 Å². The SMILES string of the molecule is COc1ccc(CCCC(=O)O)c2ccoc12. The molecule has 0 bridgehead atoms. The van der Waals surface area contributed by atoms with E-state index in [1.54, 1.807) is 13.4 Å². The van der Waals surface area contributed by atoms with Gasteiger partial charge in [-0.1, -0.05) is 6.07 Å². The van der Waals surface area contributed by atoms with Crippen LogP contribution in [0.2, 0.25) is 0 Å². The van der Waals surface area contributed by atoms with Gasteiger partial charge in [0.2, 0.25) is 0 Å². The molecule has 0 saturated carbocycles. The van der Waals surface area contributed by atoms with E-state index in [2.05, 4.69) is 0 Å². The Morgan fingerprint density at radius 3 is 2.94 bits per heavy atom. The highest BCUT2D eigenvalue weighted by Crippen LogP contribution is 2.30. The summed E-state index contributed by atoms with van der Waals surface area (Å²) >= 11 is 0. The molecule has 4 nitrogen and oxygen atoms in total. The first-order valence-electron chi connectivity index (χ1n) is 5.47. The second-order valence-corrected chi connectivity index (χ2v) is 3.84. The number of carboxylic acids is 1. The fourth-order valence-electron chi connectivity index (χ4n) is 1.90. The maximum Gasteiger partial charge on any atom is 0.303 e. The van der Waals surface area contributed by atoms with Gasteiger partial charge in [0.15, 0.2) is 11.3 Å². The smallest absolute Gasteiger partial charge is 0.303 e. The molecule has 4 heteroatoms. The summed E-state index contributed by atoms with van der Waals surface area (Å²) in [6.45, 7) is 0. The maximum absolute atomic E-state index is 10.5. The molecule has 0 saturated heterocycles. The molecule has 17 heavy (non-hydrogen) atoms. The molecule has 0 fully saturated rings. The zero-order valence-electron chi connectivity index (χ0n) is 9.60. The third kappa shape index (κ3) is 2.41. The van der Waals surface area contributed by atoms with Crippen molar-refractivity contribution in [3.8, 4) is 5.75 Å². The summed E-state index contributed by atoms with van der Waals surface area (Å²) in [6, 6.07) is 5.69. The standard InChI is InChI=1S/C13H14O4/c1-16-11-6-5-9(3-2-4-12(14)15)10-7-8-17-13(10)11/h5-8H,2-4H2,1H3,(H,14,15). The van der Waals surface area contributed by atoms with Crippen molar-refractivity contribution < 1.29 is 19.1 Å². The third-order valence-electron chi connectivity index (χ3n) is 2.73. The summed E-state index contributed by atoms with van der Waals surface area (Å²) in [5, 5.41) is 9.60. The predicted molar refractivity (Wildman–Crippen MR) is 63.3 cm³/mol. The zero-order valence-corrected chi connectivity index (χ0v) is 9.60. The van der Waals surface area contributed by atoms with E-state index in [1.807, 2.05) is 18.2 Å². The summed E-state index contributed by atoms with van der Waals surface area (Å²) < 4.78 is 10.6. The van der Waals surface area contributed by atoms with Gasteiger partial charge in [-0.25, -0.2) is 0 Å². The Labute approximate surface area is 98.8 Å². The number of rotatable bonds is 5. The van der Waals surface area contributed by atoms with Crippen molar-refractivity contribution in [3.63, 3.8) is 0 Å². The monoisotopic (exact) mass is 234 g/mol. The van der Waals surface area contributed by atoms with Gasteiger partial charge in [-0.3, -0.25) is 4.79 Å². The van der Waals surface area contributed by atoms with E-state index in [9.17, 15) is 4.79 Å². The van der Waals surface area contributed by atoms with E-state index in [4.69, 9.17) is 14.3 Å². The number of hydrogen-bond acceptors (Lipinski definition) is 3. The highest BCUT2D eigenvalue weighted by molar-refractivity contribution is 5.86. The van der Waals surface area contributed by atoms with Gasteiger partial charge in [0.05, 0.1) is 13.4 Å². The van der Waals surface area contributed by atoms with Crippen LogP contribution in [0, 0.1) is 0 Å². The van der Waals surface area contributed by atoms with Crippen LogP contribution in [0.3, 0.4) is 0 Å². The number of furan rings is 1. The minimum Gasteiger partial charge on any atom is -0.493 e. The summed E-state index contributed by atoms with van der Waals surface area (Å²) in [6.07, 6.45) is 3.16. The first-order chi connectivity index (χ1) is 8.22. The topological polar surface area (TPSA) is 59.7 Å². The Bertz CT molecular complexity index is 527. The molecule has 0 atom stereocenters. The summed E-state index contributed by atoms with van der Waals surface area (Å²) in [5.41, 5.74) is 1.82. The van der Waals surface area contributed by atoms with Gasteiger partial charge < -0.3 is 14.3 Å². The van der Waals surface area contributed by atoms with Gasteiger partial charge in [-0.2, -0.15) is 0 Å². The van der Waals surface area contributed by atoms with E-state index in [0.29, 0.717) is 12.2 Å². The van der Waals surface area contributed by atoms with Crippen molar-refractivity contribution in [3.05, 3.63) is 30.0 Å². The van der Waals surface area contributed by atoms with Crippen LogP contribution in [0.15, 0.2) is 28.9 Å². The van der Waals surface area contributed by atoms with Crippen LogP contribution >= 0.6 is 0 Å². The van der Waals surface area contributed by atoms with Gasteiger partial charge in [0.1, 0.15) is 0 Å². The van der Waals surface area contributed by atoms with Gasteiger partial charge in [0.25, 0.3) is 0 Å². The number of aliphatic carboxylic acids is 1. The Morgan fingerprint density at radius 1 is 1.41 bits per heavy atom. The van der Waals surface area contributed by atoms with Crippen LogP contribution in [-0.4, -0.2) is 18.2 Å². The molecule has 0 aliphatic carbocycles. The second kappa shape index (κ2) is 4.91. The average Bonchev–Trinajstić information content (AvgIpc) is 2.78. The molecule has 0 radical (unpaired) electrons. The quantitative estimate of drug-likeness (QED) is 0.864. The van der Waals surface area contributed by atoms with E-state index in [1.165, 1.54) is 0 Å². The van der Waals surface area contributed by atoms with E-state index in [0.717, 1.165) is 23.0 Å². The Kier molecular flexibility index (Phi) is 3.32. The number of ether oxygens (including phenoxy) is 1. The van der Waals surface area contributed by atoms with E-state index < -0.39 is 5.97 Å². The molecule has 90 valence electrons. The van der Waals surface area contributed by atoms with Crippen molar-refractivity contribution in [2.45, 2.75) is 19.3 Å². The van der Waals surface area contributed by atoms with Crippen LogP contribution < -0.4 is 4.74 Å². The van der Waals surface area contributed by atoms with E-state index in [-0.39, 0.29) is 6.42 Å². The van der Waals surface area contributed by atoms with Crippen LogP contribution in [-0.2, 0) is 11.2 Å². The lowest BCUT2D eigenvalue weighted by molar-refractivity contribution is -0.137. The van der Waals surface area contributed by atoms with Crippen molar-refractivity contribution >= 4 is 16.9 Å². The third-order valence-corrected chi connectivity index (χ3v) is 2.73. The number of hydrogen-bond donors (Lipinski definition) is 1. The molecule has 2 rings (SSSR count). The largest absolute Gasteiger partial charge is 0.493 e. The molecular weight excluding hydrogens is 220 g/mol. The fourth-order valence-corrected chi connectivity index (χ4v) is 1.90. The minimum atomic E-state index is -0.762. The summed E-state index contributed by atoms with van der Waals surface area (Å²) in [7, 11) is 1.60. The molecule has 1 aromatic carbocycles. The van der Waals surface area contributed by atoms with Crippen molar-refractivity contribution in [2.75, 3.05) is 7.11 Å².